The van der Waals surface area contributed by atoms with Crippen LogP contribution in [-0.4, -0.2) is 59.3 Å². The maximum Gasteiger partial charge on any atom is 0.393 e. The van der Waals surface area contributed by atoms with E-state index in [1.54, 1.807) is 0 Å². The number of amides is 1. The molecule has 0 aliphatic carbocycles. The molecule has 0 spiro atoms. The van der Waals surface area contributed by atoms with Crippen LogP contribution < -0.4 is 5.32 Å². The Kier molecular flexibility index (Phi) is 11.0. The van der Waals surface area contributed by atoms with Gasteiger partial charge in [0.25, 0.3) is 5.91 Å². The van der Waals surface area contributed by atoms with Gasteiger partial charge in [-0.05, 0) is 18.0 Å². The molecule has 0 aromatic heterocycles. The lowest BCUT2D eigenvalue weighted by atomic mass is 9.89. The Bertz CT molecular complexity index is 765. The summed E-state index contributed by atoms with van der Waals surface area (Å²) in [5, 5.41) is -5.89. The van der Waals surface area contributed by atoms with E-state index < -0.39 is 59.3 Å². The molecule has 0 bridgehead atoms. The highest BCUT2D eigenvalue weighted by molar-refractivity contribution is 6.22. The van der Waals surface area contributed by atoms with Crippen molar-refractivity contribution in [2.24, 2.45) is 0 Å². The van der Waals surface area contributed by atoms with Gasteiger partial charge in [0.05, 0.1) is 0 Å². The normalized spacial score (nSPS) is 15.2. The number of unbranched alkanes of at least 4 members (excludes halogenated alkanes) is 6. The van der Waals surface area contributed by atoms with Crippen molar-refractivity contribution in [3.63, 3.8) is 0 Å². The molecule has 19 heteroatoms. The molecule has 0 saturated carbocycles. The van der Waals surface area contributed by atoms with Crippen LogP contribution in [0.15, 0.2) is 0 Å². The topological polar surface area (TPSA) is 29.1 Å². The molecule has 0 aromatic rings. The fourth-order valence-electron chi connectivity index (χ4n) is 2.70. The summed E-state index contributed by atoms with van der Waals surface area (Å²) >= 11 is 3.44. The third kappa shape index (κ3) is 6.12. The molecule has 0 aliphatic rings. The van der Waals surface area contributed by atoms with Crippen LogP contribution in [-0.2, 0) is 4.79 Å². The molecule has 0 fully saturated rings. The Morgan fingerprint density at radius 1 is 0.541 bits per heavy atom. The molecular weight excluding hydrogens is 586 g/mol. The lowest BCUT2D eigenvalue weighted by molar-refractivity contribution is -0.446. The largest absolute Gasteiger partial charge is 0.393 e. The monoisotopic (exact) mass is 605 g/mol. The second-order valence-corrected chi connectivity index (χ2v) is 8.37. The number of alkyl halides is 17. The third-order valence-electron chi connectivity index (χ3n) is 5.07. The van der Waals surface area contributed by atoms with E-state index in [0.717, 1.165) is 24.6 Å². The second-order valence-electron chi connectivity index (χ2n) is 7.90. The van der Waals surface area contributed by atoms with Crippen molar-refractivity contribution in [3.05, 3.63) is 0 Å². The van der Waals surface area contributed by atoms with Gasteiger partial charge in [-0.2, -0.15) is 70.2 Å². The van der Waals surface area contributed by atoms with Gasteiger partial charge in [-0.25, -0.2) is 0 Å². The SMILES string of the molecule is CCCCCCCCCNC(=O)C(F)(F)C(F)(F)C(F)(F)C(F)(F)C(F)(F)C(F)(F)C(F)(F)C(F)(F)Cl. The molecule has 0 unspecified atom stereocenters. The van der Waals surface area contributed by atoms with Crippen LogP contribution in [0.1, 0.15) is 51.9 Å². The smallest absolute Gasteiger partial charge is 0.351 e. The van der Waals surface area contributed by atoms with Crippen LogP contribution in [0.5, 0.6) is 0 Å². The molecule has 0 atom stereocenters. The number of nitrogens with one attached hydrogen (secondary N) is 1. The van der Waals surface area contributed by atoms with Crippen molar-refractivity contribution in [1.29, 1.82) is 0 Å². The fourth-order valence-corrected chi connectivity index (χ4v) is 2.82. The summed E-state index contributed by atoms with van der Waals surface area (Å²) in [6, 6.07) is 0. The molecule has 0 radical (unpaired) electrons. The first-order valence-corrected chi connectivity index (χ1v) is 10.6. The van der Waals surface area contributed by atoms with E-state index in [-0.39, 0.29) is 12.8 Å². The molecule has 2 nitrogen and oxygen atoms in total. The lowest BCUT2D eigenvalue weighted by Gasteiger charge is -2.42. The second kappa shape index (κ2) is 11.4. The summed E-state index contributed by atoms with van der Waals surface area (Å²) in [6.07, 6.45) is 3.49. The predicted octanol–water partition coefficient (Wildman–Crippen LogP) is 8.13. The van der Waals surface area contributed by atoms with Gasteiger partial charge in [-0.3, -0.25) is 4.79 Å². The van der Waals surface area contributed by atoms with E-state index in [9.17, 15) is 75.0 Å². The number of hydrogen-bond donors (Lipinski definition) is 1. The van der Waals surface area contributed by atoms with E-state index in [1.807, 2.05) is 6.92 Å². The number of halogens is 17. The summed E-state index contributed by atoms with van der Waals surface area (Å²) in [6.45, 7) is 0.955. The van der Waals surface area contributed by atoms with E-state index in [4.69, 9.17) is 0 Å². The lowest BCUT2D eigenvalue weighted by Crippen LogP contribution is -2.75. The maximum atomic E-state index is 13.7. The Balaban J connectivity index is 5.92. The van der Waals surface area contributed by atoms with Crippen molar-refractivity contribution < 1.29 is 75.0 Å². The van der Waals surface area contributed by atoms with Crippen molar-refractivity contribution in [1.82, 2.24) is 5.32 Å². The minimum absolute atomic E-state index is 0.181. The van der Waals surface area contributed by atoms with E-state index >= 15 is 0 Å². The van der Waals surface area contributed by atoms with Crippen LogP contribution >= 0.6 is 11.6 Å². The summed E-state index contributed by atoms with van der Waals surface area (Å²) in [5.41, 5.74) is 0. The zero-order chi connectivity index (χ0) is 29.9. The van der Waals surface area contributed by atoms with E-state index in [2.05, 4.69) is 11.6 Å². The standard InChI is InChI=1S/C18H20ClF16NO/c1-2-3-4-5-6-7-8-9-36-10(37)11(20,21)12(22,23)13(24,25)14(26,27)15(28,29)16(30,31)17(32,33)18(19,34)35/h2-9H2,1H3,(H,36,37). The molecule has 37 heavy (non-hydrogen) atoms. The summed E-state index contributed by atoms with van der Waals surface area (Å²) in [5.74, 6) is -60.0. The van der Waals surface area contributed by atoms with Crippen molar-refractivity contribution in [2.45, 2.75) is 98.7 Å². The highest BCUT2D eigenvalue weighted by Gasteiger charge is 2.95. The molecule has 0 saturated heterocycles. The summed E-state index contributed by atoms with van der Waals surface area (Å²) in [7, 11) is 0. The molecular formula is C18H20ClF16NO. The Morgan fingerprint density at radius 3 is 1.24 bits per heavy atom. The molecule has 0 heterocycles. The number of carbonyl (C=O) groups is 1. The van der Waals surface area contributed by atoms with Gasteiger partial charge in [0.2, 0.25) is 0 Å². The van der Waals surface area contributed by atoms with Gasteiger partial charge < -0.3 is 5.32 Å². The van der Waals surface area contributed by atoms with Crippen LogP contribution in [0.3, 0.4) is 0 Å². The number of hydrogen-bond acceptors (Lipinski definition) is 1. The molecule has 0 rings (SSSR count). The van der Waals surface area contributed by atoms with Crippen LogP contribution in [0.25, 0.3) is 0 Å². The van der Waals surface area contributed by atoms with Crippen LogP contribution in [0.4, 0.5) is 70.2 Å². The van der Waals surface area contributed by atoms with Gasteiger partial charge in [0, 0.05) is 6.54 Å². The first-order valence-electron chi connectivity index (χ1n) is 10.2. The maximum absolute atomic E-state index is 13.7. The molecule has 0 aromatic carbocycles. The predicted molar refractivity (Wildman–Crippen MR) is 96.4 cm³/mol. The average Bonchev–Trinajstić information content (AvgIpc) is 2.73. The minimum Gasteiger partial charge on any atom is -0.351 e. The average molecular weight is 606 g/mol. The molecule has 222 valence electrons. The van der Waals surface area contributed by atoms with Crippen LogP contribution in [0.2, 0.25) is 0 Å². The minimum atomic E-state index is -8.58. The first-order chi connectivity index (χ1) is 16.2. The summed E-state index contributed by atoms with van der Waals surface area (Å²) < 4.78 is 214. The fraction of sp³-hybridized carbons (Fsp3) is 0.944. The molecule has 1 N–H and O–H groups in total. The van der Waals surface area contributed by atoms with Gasteiger partial charge in [0.1, 0.15) is 0 Å². The molecule has 0 aliphatic heterocycles. The highest BCUT2D eigenvalue weighted by atomic mass is 35.5. The van der Waals surface area contributed by atoms with E-state index in [1.165, 1.54) is 0 Å². The Labute approximate surface area is 204 Å². The van der Waals surface area contributed by atoms with Crippen molar-refractivity contribution in [2.75, 3.05) is 6.54 Å². The van der Waals surface area contributed by atoms with Crippen molar-refractivity contribution >= 4 is 17.5 Å². The zero-order valence-electron chi connectivity index (χ0n) is 18.5. The quantitative estimate of drug-likeness (QED) is 0.107. The number of rotatable bonds is 16. The Morgan fingerprint density at radius 2 is 0.865 bits per heavy atom. The highest BCUT2D eigenvalue weighted by Crippen LogP contribution is 2.64. The van der Waals surface area contributed by atoms with Gasteiger partial charge in [-0.15, -0.1) is 0 Å². The molecule has 1 amide bonds. The zero-order valence-corrected chi connectivity index (χ0v) is 19.2. The van der Waals surface area contributed by atoms with Crippen molar-refractivity contribution in [3.8, 4) is 0 Å². The van der Waals surface area contributed by atoms with Gasteiger partial charge in [-0.1, -0.05) is 45.4 Å². The van der Waals surface area contributed by atoms with E-state index in [0.29, 0.717) is 12.8 Å². The van der Waals surface area contributed by atoms with Gasteiger partial charge >= 0.3 is 46.8 Å². The first kappa shape index (κ1) is 35.6. The summed E-state index contributed by atoms with van der Waals surface area (Å²) in [4.78, 5) is 11.3. The third-order valence-corrected chi connectivity index (χ3v) is 5.31. The van der Waals surface area contributed by atoms with Gasteiger partial charge in [0.15, 0.2) is 0 Å². The number of carbonyl (C=O) groups excluding carboxylic acids is 1. The van der Waals surface area contributed by atoms with Crippen LogP contribution in [0, 0.1) is 0 Å². The Hall–Kier alpha value is -1.36.